The summed E-state index contributed by atoms with van der Waals surface area (Å²) in [6, 6.07) is 0. The summed E-state index contributed by atoms with van der Waals surface area (Å²) < 4.78 is 32.9. The van der Waals surface area contributed by atoms with Gasteiger partial charge in [0.15, 0.2) is 6.10 Å². The fourth-order valence-corrected chi connectivity index (χ4v) is 8.91. The van der Waals surface area contributed by atoms with Crippen molar-refractivity contribution in [3.63, 3.8) is 0 Å². The Morgan fingerprint density at radius 3 is 0.984 bits per heavy atom. The van der Waals surface area contributed by atoms with Crippen molar-refractivity contribution in [2.75, 3.05) is 26.4 Å². The molecule has 0 radical (unpaired) electrons. The van der Waals surface area contributed by atoms with Gasteiger partial charge in [0.1, 0.15) is 12.7 Å². The maximum atomic E-state index is 12.7. The van der Waals surface area contributed by atoms with Gasteiger partial charge in [-0.2, -0.15) is 0 Å². The minimum Gasteiger partial charge on any atom is -0.462 e. The predicted molar refractivity (Wildman–Crippen MR) is 261 cm³/mol. The minimum atomic E-state index is -4.62. The van der Waals surface area contributed by atoms with Gasteiger partial charge in [-0.05, 0) is 12.8 Å². The summed E-state index contributed by atoms with van der Waals surface area (Å²) in [5.74, 6) is -0.901. The van der Waals surface area contributed by atoms with Crippen LogP contribution in [0.1, 0.15) is 284 Å². The molecule has 0 rings (SSSR count). The molecule has 63 heavy (non-hydrogen) atoms. The Kier molecular flexibility index (Phi) is 48.1. The van der Waals surface area contributed by atoms with Crippen molar-refractivity contribution in [3.8, 4) is 0 Å². The molecule has 11 heteroatoms. The standard InChI is InChI=1S/C52H103O10P/c1-3-5-7-9-11-13-15-17-19-21-22-23-24-25-26-27-28-30-32-34-36-38-40-42-44-52(56)62-50(48-61-63(57,58)60-46-49(54)45-53)47-59-51(55)43-41-39-37-35-33-31-29-20-18-16-14-12-10-8-6-4-2/h49-50,53-54H,3-48H2,1-2H3,(H,57,58). The molecule has 0 spiro atoms. The number of hydrogen-bond acceptors (Lipinski definition) is 9. The van der Waals surface area contributed by atoms with E-state index in [-0.39, 0.29) is 19.4 Å². The average Bonchev–Trinajstić information content (AvgIpc) is 3.27. The molecule has 3 atom stereocenters. The van der Waals surface area contributed by atoms with Crippen LogP contribution in [-0.4, -0.2) is 65.7 Å². The fraction of sp³-hybridized carbons (Fsp3) is 0.962. The zero-order valence-corrected chi connectivity index (χ0v) is 42.2. The minimum absolute atomic E-state index is 0.193. The van der Waals surface area contributed by atoms with Crippen molar-refractivity contribution in [3.05, 3.63) is 0 Å². The smallest absolute Gasteiger partial charge is 0.462 e. The van der Waals surface area contributed by atoms with Gasteiger partial charge in [-0.3, -0.25) is 18.6 Å². The normalized spacial score (nSPS) is 13.5. The zero-order chi connectivity index (χ0) is 46.2. The molecule has 0 aromatic rings. The van der Waals surface area contributed by atoms with Gasteiger partial charge in [-0.1, -0.05) is 258 Å². The lowest BCUT2D eigenvalue weighted by molar-refractivity contribution is -0.161. The zero-order valence-electron chi connectivity index (χ0n) is 41.3. The van der Waals surface area contributed by atoms with E-state index in [0.29, 0.717) is 12.8 Å². The quantitative estimate of drug-likeness (QED) is 0.0306. The Balaban J connectivity index is 4.06. The molecule has 0 saturated heterocycles. The molecule has 0 fully saturated rings. The average molecular weight is 919 g/mol. The predicted octanol–water partition coefficient (Wildman–Crippen LogP) is 15.4. The summed E-state index contributed by atoms with van der Waals surface area (Å²) in [7, 11) is -4.62. The second kappa shape index (κ2) is 48.9. The van der Waals surface area contributed by atoms with Gasteiger partial charge in [0.25, 0.3) is 0 Å². The van der Waals surface area contributed by atoms with Gasteiger partial charge in [0.2, 0.25) is 0 Å². The Morgan fingerprint density at radius 1 is 0.413 bits per heavy atom. The van der Waals surface area contributed by atoms with E-state index in [1.54, 1.807) is 0 Å². The molecule has 0 aromatic heterocycles. The van der Waals surface area contributed by atoms with Crippen molar-refractivity contribution >= 4 is 19.8 Å². The highest BCUT2D eigenvalue weighted by Gasteiger charge is 2.27. The number of aliphatic hydroxyl groups excluding tert-OH is 2. The van der Waals surface area contributed by atoms with E-state index in [4.69, 9.17) is 23.6 Å². The number of phosphoric acid groups is 1. The van der Waals surface area contributed by atoms with Crippen LogP contribution in [0.3, 0.4) is 0 Å². The van der Waals surface area contributed by atoms with Gasteiger partial charge in [0, 0.05) is 12.8 Å². The Labute approximate surface area is 388 Å². The van der Waals surface area contributed by atoms with E-state index in [2.05, 4.69) is 13.8 Å². The molecule has 3 N–H and O–H groups in total. The number of hydrogen-bond donors (Lipinski definition) is 3. The number of phosphoric ester groups is 1. The molecule has 10 nitrogen and oxygen atoms in total. The first-order chi connectivity index (χ1) is 30.7. The van der Waals surface area contributed by atoms with Crippen molar-refractivity contribution in [2.45, 2.75) is 296 Å². The molecule has 0 aliphatic heterocycles. The fourth-order valence-electron chi connectivity index (χ4n) is 8.12. The lowest BCUT2D eigenvalue weighted by Crippen LogP contribution is -2.29. The van der Waals surface area contributed by atoms with Crippen LogP contribution >= 0.6 is 7.82 Å². The number of aliphatic hydroxyl groups is 2. The maximum absolute atomic E-state index is 12.7. The van der Waals surface area contributed by atoms with E-state index in [1.165, 1.54) is 212 Å². The molecule has 0 aliphatic carbocycles. The van der Waals surface area contributed by atoms with E-state index >= 15 is 0 Å². The van der Waals surface area contributed by atoms with Crippen LogP contribution in [0, 0.1) is 0 Å². The number of rotatable bonds is 52. The summed E-state index contributed by atoms with van der Waals surface area (Å²) in [4.78, 5) is 35.2. The molecular weight excluding hydrogens is 816 g/mol. The highest BCUT2D eigenvalue weighted by Crippen LogP contribution is 2.43. The van der Waals surface area contributed by atoms with Crippen molar-refractivity contribution in [1.29, 1.82) is 0 Å². The van der Waals surface area contributed by atoms with Crippen LogP contribution in [0.2, 0.25) is 0 Å². The largest absolute Gasteiger partial charge is 0.472 e. The number of carbonyl (C=O) groups excluding carboxylic acids is 2. The summed E-state index contributed by atoms with van der Waals surface area (Å²) in [5.41, 5.74) is 0. The molecule has 0 saturated carbocycles. The van der Waals surface area contributed by atoms with E-state index in [1.807, 2.05) is 0 Å². The maximum Gasteiger partial charge on any atom is 0.472 e. The Hall–Kier alpha value is -1.03. The van der Waals surface area contributed by atoms with Crippen molar-refractivity contribution in [1.82, 2.24) is 0 Å². The van der Waals surface area contributed by atoms with Crippen LogP contribution in [0.4, 0.5) is 0 Å². The summed E-state index contributed by atoms with van der Waals surface area (Å²) >= 11 is 0. The van der Waals surface area contributed by atoms with Crippen LogP contribution in [-0.2, 0) is 32.7 Å². The molecule has 376 valence electrons. The number of unbranched alkanes of at least 4 members (excludes halogenated alkanes) is 38. The molecule has 0 aromatic carbocycles. The van der Waals surface area contributed by atoms with Crippen LogP contribution < -0.4 is 0 Å². The van der Waals surface area contributed by atoms with Crippen LogP contribution in [0.5, 0.6) is 0 Å². The third-order valence-electron chi connectivity index (χ3n) is 12.3. The summed E-state index contributed by atoms with van der Waals surface area (Å²) in [6.07, 6.45) is 49.3. The topological polar surface area (TPSA) is 149 Å². The van der Waals surface area contributed by atoms with Gasteiger partial charge in [-0.25, -0.2) is 4.57 Å². The number of esters is 2. The lowest BCUT2D eigenvalue weighted by Gasteiger charge is -2.20. The van der Waals surface area contributed by atoms with E-state index < -0.39 is 51.8 Å². The second-order valence-electron chi connectivity index (χ2n) is 18.6. The molecule has 0 aliphatic rings. The first kappa shape index (κ1) is 62.0. The number of ether oxygens (including phenoxy) is 2. The number of carbonyl (C=O) groups is 2. The molecule has 0 bridgehead atoms. The Morgan fingerprint density at radius 2 is 0.683 bits per heavy atom. The first-order valence-electron chi connectivity index (χ1n) is 27.0. The van der Waals surface area contributed by atoms with Crippen molar-refractivity contribution in [2.24, 2.45) is 0 Å². The SMILES string of the molecule is CCCCCCCCCCCCCCCCCCCCCCCCCCC(=O)OC(COC(=O)CCCCCCCCCCCCCCCCCC)COP(=O)(O)OCC(O)CO. The van der Waals surface area contributed by atoms with Gasteiger partial charge < -0.3 is 24.6 Å². The Bertz CT molecular complexity index is 1010. The van der Waals surface area contributed by atoms with E-state index in [0.717, 1.165) is 32.1 Å². The van der Waals surface area contributed by atoms with Crippen LogP contribution in [0.15, 0.2) is 0 Å². The highest BCUT2D eigenvalue weighted by atomic mass is 31.2. The monoisotopic (exact) mass is 919 g/mol. The molecule has 3 unspecified atom stereocenters. The molecule has 0 heterocycles. The van der Waals surface area contributed by atoms with Crippen LogP contribution in [0.25, 0.3) is 0 Å². The third kappa shape index (κ3) is 48.7. The summed E-state index contributed by atoms with van der Waals surface area (Å²) in [5, 5.41) is 18.4. The van der Waals surface area contributed by atoms with Crippen molar-refractivity contribution < 1.29 is 47.8 Å². The van der Waals surface area contributed by atoms with Gasteiger partial charge in [-0.15, -0.1) is 0 Å². The summed E-state index contributed by atoms with van der Waals surface area (Å²) in [6.45, 7) is 2.46. The third-order valence-corrected chi connectivity index (χ3v) is 13.2. The lowest BCUT2D eigenvalue weighted by atomic mass is 10.0. The van der Waals surface area contributed by atoms with Gasteiger partial charge in [0.05, 0.1) is 19.8 Å². The first-order valence-corrected chi connectivity index (χ1v) is 28.5. The van der Waals surface area contributed by atoms with Gasteiger partial charge >= 0.3 is 19.8 Å². The molecule has 0 amide bonds. The second-order valence-corrected chi connectivity index (χ2v) is 20.1. The molecular formula is C52H103O10P. The highest BCUT2D eigenvalue weighted by molar-refractivity contribution is 7.47. The van der Waals surface area contributed by atoms with E-state index in [9.17, 15) is 24.2 Å².